The minimum atomic E-state index is -3.73. The molecule has 0 bridgehead atoms. The monoisotopic (exact) mass is 361 g/mol. The van der Waals surface area contributed by atoms with Gasteiger partial charge in [-0.05, 0) is 17.7 Å². The number of carbonyl (C=O) groups excluding carboxylic acids is 1. The third-order valence-electron chi connectivity index (χ3n) is 3.49. The molecular weight excluding hydrogens is 346 g/mol. The predicted octanol–water partition coefficient (Wildman–Crippen LogP) is -0.628. The minimum Gasteiger partial charge on any atom is -0.382 e. The molecule has 5 N–H and O–H groups in total. The Kier molecular flexibility index (Phi) is 4.33. The van der Waals surface area contributed by atoms with Gasteiger partial charge in [-0.15, -0.1) is 0 Å². The Morgan fingerprint density at radius 3 is 2.56 bits per heavy atom. The molecule has 0 aliphatic carbocycles. The van der Waals surface area contributed by atoms with Crippen molar-refractivity contribution in [2.45, 2.75) is 18.0 Å². The van der Waals surface area contributed by atoms with Gasteiger partial charge in [0.25, 0.3) is 0 Å². The van der Waals surface area contributed by atoms with Gasteiger partial charge in [-0.3, -0.25) is 4.79 Å². The molecule has 0 aliphatic heterocycles. The zero-order valence-electron chi connectivity index (χ0n) is 13.0. The summed E-state index contributed by atoms with van der Waals surface area (Å²) in [6.45, 7) is 0.260. The molecule has 0 saturated heterocycles. The number of sulfonamides is 1. The molecule has 0 unspecified atom stereocenters. The maximum atomic E-state index is 12.1. The number of carbonyl (C=O) groups is 1. The number of anilines is 1. The summed E-state index contributed by atoms with van der Waals surface area (Å²) in [6, 6.07) is 5.95. The SMILES string of the molecule is Nc1ncnc2c1ncn2CC(=O)NCc1ccc(S(N)(=O)=O)cc1. The maximum absolute atomic E-state index is 12.1. The molecule has 1 amide bonds. The van der Waals surface area contributed by atoms with Crippen LogP contribution in [0.1, 0.15) is 5.56 Å². The van der Waals surface area contributed by atoms with Crippen molar-refractivity contribution in [2.24, 2.45) is 5.14 Å². The molecule has 0 fully saturated rings. The summed E-state index contributed by atoms with van der Waals surface area (Å²) in [5.41, 5.74) is 7.35. The average Bonchev–Trinajstić information content (AvgIpc) is 2.97. The van der Waals surface area contributed by atoms with Crippen molar-refractivity contribution in [1.82, 2.24) is 24.8 Å². The zero-order chi connectivity index (χ0) is 18.0. The van der Waals surface area contributed by atoms with Crippen molar-refractivity contribution in [2.75, 3.05) is 5.73 Å². The first-order chi connectivity index (χ1) is 11.8. The fourth-order valence-electron chi connectivity index (χ4n) is 2.22. The number of benzene rings is 1. The van der Waals surface area contributed by atoms with Crippen LogP contribution in [0.4, 0.5) is 5.82 Å². The van der Waals surface area contributed by atoms with Crippen LogP contribution in [-0.2, 0) is 27.9 Å². The second-order valence-corrected chi connectivity index (χ2v) is 6.83. The van der Waals surface area contributed by atoms with Crippen molar-refractivity contribution >= 4 is 32.9 Å². The van der Waals surface area contributed by atoms with Gasteiger partial charge in [0.15, 0.2) is 11.5 Å². The van der Waals surface area contributed by atoms with Crippen molar-refractivity contribution in [1.29, 1.82) is 0 Å². The number of hydrogen-bond donors (Lipinski definition) is 3. The second kappa shape index (κ2) is 6.45. The number of hydrogen-bond acceptors (Lipinski definition) is 7. The quantitative estimate of drug-likeness (QED) is 0.545. The van der Waals surface area contributed by atoms with Gasteiger partial charge in [0.05, 0.1) is 11.2 Å². The molecule has 0 radical (unpaired) electrons. The summed E-state index contributed by atoms with van der Waals surface area (Å²) < 4.78 is 24.0. The zero-order valence-corrected chi connectivity index (χ0v) is 13.8. The molecule has 11 heteroatoms. The van der Waals surface area contributed by atoms with Crippen molar-refractivity contribution < 1.29 is 13.2 Å². The molecular formula is C14H15N7O3S. The lowest BCUT2D eigenvalue weighted by atomic mass is 10.2. The fourth-order valence-corrected chi connectivity index (χ4v) is 2.74. The van der Waals surface area contributed by atoms with E-state index >= 15 is 0 Å². The van der Waals surface area contributed by atoms with E-state index in [4.69, 9.17) is 10.9 Å². The Balaban J connectivity index is 1.64. The molecule has 25 heavy (non-hydrogen) atoms. The van der Waals surface area contributed by atoms with Crippen LogP contribution in [-0.4, -0.2) is 33.8 Å². The van der Waals surface area contributed by atoms with Gasteiger partial charge in [0, 0.05) is 6.54 Å². The molecule has 1 aromatic carbocycles. The number of nitrogens with two attached hydrogens (primary N) is 2. The molecule has 3 aromatic rings. The molecule has 130 valence electrons. The van der Waals surface area contributed by atoms with Crippen molar-refractivity contribution in [3.8, 4) is 0 Å². The van der Waals surface area contributed by atoms with Crippen LogP contribution in [0.3, 0.4) is 0 Å². The van der Waals surface area contributed by atoms with Crippen molar-refractivity contribution in [3.05, 3.63) is 42.5 Å². The van der Waals surface area contributed by atoms with Crippen LogP contribution in [0, 0.1) is 0 Å². The number of primary sulfonamides is 1. The van der Waals surface area contributed by atoms with E-state index < -0.39 is 10.0 Å². The summed E-state index contributed by atoms with van der Waals surface area (Å²) >= 11 is 0. The number of imidazole rings is 1. The Hall–Kier alpha value is -3.05. The highest BCUT2D eigenvalue weighted by Gasteiger charge is 2.11. The number of rotatable bonds is 5. The average molecular weight is 361 g/mol. The lowest BCUT2D eigenvalue weighted by Gasteiger charge is -2.07. The first-order valence-electron chi connectivity index (χ1n) is 7.14. The topological polar surface area (TPSA) is 159 Å². The van der Waals surface area contributed by atoms with E-state index in [9.17, 15) is 13.2 Å². The van der Waals surface area contributed by atoms with E-state index in [1.54, 1.807) is 16.7 Å². The van der Waals surface area contributed by atoms with Crippen LogP contribution < -0.4 is 16.2 Å². The lowest BCUT2D eigenvalue weighted by molar-refractivity contribution is -0.121. The molecule has 2 aromatic heterocycles. The first-order valence-corrected chi connectivity index (χ1v) is 8.69. The Labute approximate surface area is 142 Å². The highest BCUT2D eigenvalue weighted by molar-refractivity contribution is 7.89. The molecule has 0 aliphatic rings. The van der Waals surface area contributed by atoms with Crippen LogP contribution in [0.2, 0.25) is 0 Å². The number of nitrogens with zero attached hydrogens (tertiary/aromatic N) is 4. The third kappa shape index (κ3) is 3.72. The first kappa shape index (κ1) is 16.8. The van der Waals surface area contributed by atoms with Gasteiger partial charge in [-0.25, -0.2) is 28.5 Å². The summed E-state index contributed by atoms with van der Waals surface area (Å²) in [4.78, 5) is 24.1. The highest BCUT2D eigenvalue weighted by atomic mass is 32.2. The number of nitrogens with one attached hydrogen (secondary N) is 1. The summed E-state index contributed by atoms with van der Waals surface area (Å²) in [5.74, 6) is -0.00823. The Morgan fingerprint density at radius 1 is 1.16 bits per heavy atom. The van der Waals surface area contributed by atoms with Gasteiger partial charge in [-0.1, -0.05) is 12.1 Å². The van der Waals surface area contributed by atoms with Gasteiger partial charge >= 0.3 is 0 Å². The molecule has 0 spiro atoms. The van der Waals surface area contributed by atoms with Crippen LogP contribution >= 0.6 is 0 Å². The predicted molar refractivity (Wildman–Crippen MR) is 89.4 cm³/mol. The molecule has 0 saturated carbocycles. The van der Waals surface area contributed by atoms with E-state index in [0.29, 0.717) is 11.2 Å². The van der Waals surface area contributed by atoms with Gasteiger partial charge in [-0.2, -0.15) is 0 Å². The highest BCUT2D eigenvalue weighted by Crippen LogP contribution is 2.14. The summed E-state index contributed by atoms with van der Waals surface area (Å²) in [6.07, 6.45) is 2.77. The second-order valence-electron chi connectivity index (χ2n) is 5.27. The molecule has 10 nitrogen and oxygen atoms in total. The van der Waals surface area contributed by atoms with Crippen LogP contribution in [0.15, 0.2) is 41.8 Å². The van der Waals surface area contributed by atoms with Crippen LogP contribution in [0.5, 0.6) is 0 Å². The number of aromatic nitrogens is 4. The molecule has 3 rings (SSSR count). The number of fused-ring (bicyclic) bond motifs is 1. The maximum Gasteiger partial charge on any atom is 0.240 e. The Morgan fingerprint density at radius 2 is 1.88 bits per heavy atom. The minimum absolute atomic E-state index is 0.0161. The lowest BCUT2D eigenvalue weighted by Crippen LogP contribution is -2.27. The van der Waals surface area contributed by atoms with E-state index in [0.717, 1.165) is 5.56 Å². The van der Waals surface area contributed by atoms with Gasteiger partial charge in [0.1, 0.15) is 18.4 Å². The van der Waals surface area contributed by atoms with Gasteiger partial charge in [0.2, 0.25) is 15.9 Å². The third-order valence-corrected chi connectivity index (χ3v) is 4.41. The molecule has 2 heterocycles. The van der Waals surface area contributed by atoms with Gasteiger partial charge < -0.3 is 15.6 Å². The van der Waals surface area contributed by atoms with Crippen LogP contribution in [0.25, 0.3) is 11.2 Å². The number of nitrogen functional groups attached to an aromatic ring is 1. The summed E-state index contributed by atoms with van der Waals surface area (Å²) in [5, 5.41) is 7.77. The molecule has 0 atom stereocenters. The van der Waals surface area contributed by atoms with E-state index in [1.807, 2.05) is 0 Å². The number of amides is 1. The van der Waals surface area contributed by atoms with Crippen molar-refractivity contribution in [3.63, 3.8) is 0 Å². The standard InChI is InChI=1S/C14H15N7O3S/c15-13-12-14(19-7-18-13)21(8-20-12)6-11(22)17-5-9-1-3-10(4-2-9)25(16,23)24/h1-4,7-8H,5-6H2,(H,17,22)(H2,15,18,19)(H2,16,23,24). The normalized spacial score (nSPS) is 11.6. The summed E-state index contributed by atoms with van der Waals surface area (Å²) in [7, 11) is -3.73. The smallest absolute Gasteiger partial charge is 0.240 e. The van der Waals surface area contributed by atoms with E-state index in [1.165, 1.54) is 24.8 Å². The fraction of sp³-hybridized carbons (Fsp3) is 0.143. The Bertz CT molecular complexity index is 1030. The largest absolute Gasteiger partial charge is 0.382 e. The van der Waals surface area contributed by atoms with E-state index in [2.05, 4.69) is 20.3 Å². The van der Waals surface area contributed by atoms with E-state index in [-0.39, 0.29) is 29.7 Å².